The first-order valence-corrected chi connectivity index (χ1v) is 6.90. The van der Waals surface area contributed by atoms with E-state index in [0.29, 0.717) is 5.71 Å². The lowest BCUT2D eigenvalue weighted by atomic mass is 10.1. The quantitative estimate of drug-likeness (QED) is 0.669. The van der Waals surface area contributed by atoms with E-state index in [1.165, 1.54) is 4.90 Å². The van der Waals surface area contributed by atoms with Crippen LogP contribution in [0.15, 0.2) is 69.5 Å². The summed E-state index contributed by atoms with van der Waals surface area (Å²) in [6.07, 6.45) is 0. The summed E-state index contributed by atoms with van der Waals surface area (Å²) in [5.41, 5.74) is 8.84. The van der Waals surface area contributed by atoms with Gasteiger partial charge >= 0.3 is 6.03 Å². The van der Waals surface area contributed by atoms with Crippen LogP contribution >= 0.6 is 11.8 Å². The minimum absolute atomic E-state index is 0.666. The molecule has 102 valence electrons. The maximum atomic E-state index is 10.6. The fourth-order valence-corrected chi connectivity index (χ4v) is 2.43. The van der Waals surface area contributed by atoms with Gasteiger partial charge in [-0.25, -0.2) is 10.2 Å². The van der Waals surface area contributed by atoms with Crippen LogP contribution in [0, 0.1) is 0 Å². The number of carbonyl (C=O) groups excluding carboxylic acids is 1. The van der Waals surface area contributed by atoms with Crippen molar-refractivity contribution < 1.29 is 4.79 Å². The number of nitrogens with zero attached hydrogens (tertiary/aromatic N) is 1. The molecule has 0 aliphatic rings. The van der Waals surface area contributed by atoms with E-state index >= 15 is 0 Å². The molecular weight excluding hydrogens is 270 g/mol. The van der Waals surface area contributed by atoms with Crippen molar-refractivity contribution in [2.24, 2.45) is 10.8 Å². The summed E-state index contributed by atoms with van der Waals surface area (Å²) < 4.78 is 0. The van der Waals surface area contributed by atoms with Crippen molar-refractivity contribution >= 4 is 23.5 Å². The fraction of sp³-hybridized carbons (Fsp3) is 0.0667. The van der Waals surface area contributed by atoms with Crippen molar-refractivity contribution in [2.75, 3.05) is 0 Å². The lowest BCUT2D eigenvalue weighted by Gasteiger charge is -2.04. The lowest BCUT2D eigenvalue weighted by Crippen LogP contribution is -2.25. The molecule has 0 aromatic heterocycles. The van der Waals surface area contributed by atoms with Crippen molar-refractivity contribution in [3.05, 3.63) is 60.2 Å². The maximum absolute atomic E-state index is 10.6. The summed E-state index contributed by atoms with van der Waals surface area (Å²) in [7, 11) is 0. The second-order valence-electron chi connectivity index (χ2n) is 4.11. The summed E-state index contributed by atoms with van der Waals surface area (Å²) in [4.78, 5) is 12.9. The van der Waals surface area contributed by atoms with E-state index in [1.54, 1.807) is 11.8 Å². The summed E-state index contributed by atoms with van der Waals surface area (Å²) in [5.74, 6) is 0. The fourth-order valence-electron chi connectivity index (χ4n) is 1.59. The maximum Gasteiger partial charge on any atom is 0.332 e. The smallest absolute Gasteiger partial charge is 0.332 e. The number of carbonyl (C=O) groups is 1. The van der Waals surface area contributed by atoms with Gasteiger partial charge in [-0.3, -0.25) is 0 Å². The van der Waals surface area contributed by atoms with Gasteiger partial charge in [0.05, 0.1) is 5.71 Å². The first-order chi connectivity index (χ1) is 9.65. The van der Waals surface area contributed by atoms with Gasteiger partial charge in [-0.1, -0.05) is 42.1 Å². The second-order valence-corrected chi connectivity index (χ2v) is 5.26. The molecule has 0 bridgehead atoms. The first kappa shape index (κ1) is 14.1. The number of nitrogens with two attached hydrogens (primary N) is 1. The Bertz CT molecular complexity index is 609. The number of hydrazone groups is 1. The standard InChI is InChI=1S/C15H15N3OS/c1-11(17-18-15(16)19)12-7-9-14(10-8-12)20-13-5-3-2-4-6-13/h2-10H,1H3,(H3,16,18,19)/b17-11-. The molecule has 2 aromatic rings. The Hall–Kier alpha value is -2.27. The Morgan fingerprint density at radius 2 is 1.65 bits per heavy atom. The molecule has 0 aliphatic heterocycles. The van der Waals surface area contributed by atoms with E-state index in [9.17, 15) is 4.79 Å². The molecule has 0 radical (unpaired) electrons. The van der Waals surface area contributed by atoms with Crippen molar-refractivity contribution in [1.29, 1.82) is 0 Å². The lowest BCUT2D eigenvalue weighted by molar-refractivity contribution is 0.249. The average molecular weight is 285 g/mol. The molecule has 2 amide bonds. The zero-order valence-corrected chi connectivity index (χ0v) is 11.9. The predicted octanol–water partition coefficient (Wildman–Crippen LogP) is 3.23. The zero-order valence-electron chi connectivity index (χ0n) is 11.0. The number of nitrogens with one attached hydrogen (secondary N) is 1. The van der Waals surface area contributed by atoms with Crippen LogP contribution in [-0.4, -0.2) is 11.7 Å². The predicted molar refractivity (Wildman–Crippen MR) is 81.9 cm³/mol. The highest BCUT2D eigenvalue weighted by atomic mass is 32.2. The van der Waals surface area contributed by atoms with Gasteiger partial charge in [0.25, 0.3) is 0 Å². The van der Waals surface area contributed by atoms with E-state index in [1.807, 2.05) is 49.4 Å². The van der Waals surface area contributed by atoms with Crippen LogP contribution < -0.4 is 11.2 Å². The van der Waals surface area contributed by atoms with E-state index in [4.69, 9.17) is 5.73 Å². The highest BCUT2D eigenvalue weighted by molar-refractivity contribution is 7.99. The van der Waals surface area contributed by atoms with Gasteiger partial charge in [-0.2, -0.15) is 5.10 Å². The molecule has 0 saturated heterocycles. The Balaban J connectivity index is 2.06. The van der Waals surface area contributed by atoms with Gasteiger partial charge in [0.15, 0.2) is 0 Å². The number of hydrogen-bond acceptors (Lipinski definition) is 3. The second kappa shape index (κ2) is 6.77. The van der Waals surface area contributed by atoms with Crippen LogP contribution in [0.4, 0.5) is 4.79 Å². The number of benzene rings is 2. The third-order valence-corrected chi connectivity index (χ3v) is 3.60. The molecule has 0 unspecified atom stereocenters. The number of rotatable bonds is 4. The van der Waals surface area contributed by atoms with Crippen LogP contribution in [-0.2, 0) is 0 Å². The van der Waals surface area contributed by atoms with Crippen molar-refractivity contribution in [2.45, 2.75) is 16.7 Å². The Morgan fingerprint density at radius 3 is 2.25 bits per heavy atom. The van der Waals surface area contributed by atoms with Crippen LogP contribution in [0.1, 0.15) is 12.5 Å². The summed E-state index contributed by atoms with van der Waals surface area (Å²) in [6, 6.07) is 17.5. The van der Waals surface area contributed by atoms with Gasteiger partial charge in [0.2, 0.25) is 0 Å². The normalized spacial score (nSPS) is 11.2. The SMILES string of the molecule is C/C(=N/NC(N)=O)c1ccc(Sc2ccccc2)cc1. The van der Waals surface area contributed by atoms with Crippen LogP contribution in [0.25, 0.3) is 0 Å². The van der Waals surface area contributed by atoms with E-state index < -0.39 is 6.03 Å². The Kier molecular flexibility index (Phi) is 4.79. The average Bonchev–Trinajstić information content (AvgIpc) is 2.46. The van der Waals surface area contributed by atoms with Crippen molar-refractivity contribution in [3.8, 4) is 0 Å². The minimum atomic E-state index is -0.666. The summed E-state index contributed by atoms with van der Waals surface area (Å²) in [5, 5.41) is 3.89. The van der Waals surface area contributed by atoms with E-state index in [2.05, 4.69) is 22.7 Å². The first-order valence-electron chi connectivity index (χ1n) is 6.08. The molecule has 0 aliphatic carbocycles. The van der Waals surface area contributed by atoms with Gasteiger partial charge in [-0.05, 0) is 36.8 Å². The molecule has 0 spiro atoms. The van der Waals surface area contributed by atoms with E-state index in [0.717, 1.165) is 10.5 Å². The highest BCUT2D eigenvalue weighted by Crippen LogP contribution is 2.27. The molecule has 0 fully saturated rings. The van der Waals surface area contributed by atoms with Crippen LogP contribution in [0.2, 0.25) is 0 Å². The Morgan fingerprint density at radius 1 is 1.05 bits per heavy atom. The summed E-state index contributed by atoms with van der Waals surface area (Å²) in [6.45, 7) is 1.81. The molecule has 20 heavy (non-hydrogen) atoms. The largest absolute Gasteiger partial charge is 0.350 e. The monoisotopic (exact) mass is 285 g/mol. The number of hydrogen-bond donors (Lipinski definition) is 2. The van der Waals surface area contributed by atoms with Crippen molar-refractivity contribution in [3.63, 3.8) is 0 Å². The minimum Gasteiger partial charge on any atom is -0.350 e. The number of primary amides is 1. The van der Waals surface area contributed by atoms with E-state index in [-0.39, 0.29) is 0 Å². The Labute approximate surface area is 122 Å². The number of urea groups is 1. The molecule has 3 N–H and O–H groups in total. The molecule has 5 heteroatoms. The zero-order chi connectivity index (χ0) is 14.4. The molecule has 0 atom stereocenters. The topological polar surface area (TPSA) is 67.5 Å². The third kappa shape index (κ3) is 4.13. The van der Waals surface area contributed by atoms with Gasteiger partial charge in [0, 0.05) is 9.79 Å². The highest BCUT2D eigenvalue weighted by Gasteiger charge is 2.00. The molecular formula is C15H15N3OS. The molecule has 4 nitrogen and oxygen atoms in total. The van der Waals surface area contributed by atoms with Gasteiger partial charge < -0.3 is 5.73 Å². The van der Waals surface area contributed by atoms with Gasteiger partial charge in [0.1, 0.15) is 0 Å². The molecule has 0 heterocycles. The molecule has 0 saturated carbocycles. The third-order valence-electron chi connectivity index (χ3n) is 2.58. The molecule has 2 aromatic carbocycles. The summed E-state index contributed by atoms with van der Waals surface area (Å²) >= 11 is 1.70. The van der Waals surface area contributed by atoms with Crippen LogP contribution in [0.3, 0.4) is 0 Å². The van der Waals surface area contributed by atoms with Crippen molar-refractivity contribution in [1.82, 2.24) is 5.43 Å². The molecule has 2 rings (SSSR count). The number of amides is 2. The van der Waals surface area contributed by atoms with Crippen LogP contribution in [0.5, 0.6) is 0 Å². The van der Waals surface area contributed by atoms with Gasteiger partial charge in [-0.15, -0.1) is 0 Å².